The number of nitrogens with zero attached hydrogens (tertiary/aromatic N) is 1. The molecule has 146 valence electrons. The van der Waals surface area contributed by atoms with E-state index < -0.39 is 0 Å². The zero-order chi connectivity index (χ0) is 19.2. The van der Waals surface area contributed by atoms with Crippen molar-refractivity contribution in [3.05, 3.63) is 53.4 Å². The van der Waals surface area contributed by atoms with Gasteiger partial charge in [-0.3, -0.25) is 4.79 Å². The summed E-state index contributed by atoms with van der Waals surface area (Å²) in [6.45, 7) is 0. The van der Waals surface area contributed by atoms with E-state index in [0.29, 0.717) is 11.8 Å². The Morgan fingerprint density at radius 1 is 1.18 bits per heavy atom. The molecule has 0 atom stereocenters. The number of amides is 1. The van der Waals surface area contributed by atoms with E-state index in [1.54, 1.807) is 17.6 Å². The molecule has 0 bridgehead atoms. The minimum absolute atomic E-state index is 0.100. The molecule has 0 radical (unpaired) electrons. The number of hydrogen-bond acceptors (Lipinski definition) is 5. The monoisotopic (exact) mass is 412 g/mol. The van der Waals surface area contributed by atoms with Crippen molar-refractivity contribution in [2.75, 3.05) is 5.75 Å². The van der Waals surface area contributed by atoms with Crippen molar-refractivity contribution >= 4 is 50.2 Å². The number of benzene rings is 1. The third kappa shape index (κ3) is 5.06. The van der Waals surface area contributed by atoms with Crippen molar-refractivity contribution in [2.24, 2.45) is 0 Å². The molecule has 0 saturated heterocycles. The maximum atomic E-state index is 12.5. The van der Waals surface area contributed by atoms with Crippen LogP contribution in [0.2, 0.25) is 0 Å². The summed E-state index contributed by atoms with van der Waals surface area (Å²) in [6.07, 6.45) is 10.8. The zero-order valence-electron chi connectivity index (χ0n) is 15.7. The van der Waals surface area contributed by atoms with E-state index in [4.69, 9.17) is 9.40 Å². The summed E-state index contributed by atoms with van der Waals surface area (Å²) in [5.74, 6) is 1.26. The van der Waals surface area contributed by atoms with E-state index in [9.17, 15) is 4.79 Å². The highest BCUT2D eigenvalue weighted by Crippen LogP contribution is 2.35. The van der Waals surface area contributed by atoms with E-state index in [0.717, 1.165) is 38.7 Å². The molecule has 6 heteroatoms. The van der Waals surface area contributed by atoms with Crippen LogP contribution in [0, 0.1) is 0 Å². The molecule has 28 heavy (non-hydrogen) atoms. The fourth-order valence-corrected chi connectivity index (χ4v) is 5.40. The summed E-state index contributed by atoms with van der Waals surface area (Å²) in [5, 5.41) is 4.14. The van der Waals surface area contributed by atoms with Gasteiger partial charge in [0.05, 0.1) is 22.2 Å². The average Bonchev–Trinajstić information content (AvgIpc) is 3.30. The van der Waals surface area contributed by atoms with Crippen molar-refractivity contribution < 1.29 is 9.21 Å². The normalized spacial score (nSPS) is 16.2. The third-order valence-electron chi connectivity index (χ3n) is 4.90. The molecule has 1 N–H and O–H groups in total. The molecule has 4 nitrogen and oxygen atoms in total. The first-order chi connectivity index (χ1) is 13.8. The summed E-state index contributed by atoms with van der Waals surface area (Å²) in [6, 6.07) is 12.2. The quantitative estimate of drug-likeness (QED) is 0.508. The van der Waals surface area contributed by atoms with Gasteiger partial charge in [-0.1, -0.05) is 37.8 Å². The number of aromatic nitrogens is 1. The van der Waals surface area contributed by atoms with Crippen LogP contribution in [0.15, 0.2) is 47.1 Å². The molecule has 0 unspecified atom stereocenters. The minimum atomic E-state index is 0.100. The summed E-state index contributed by atoms with van der Waals surface area (Å²) in [4.78, 5) is 18.3. The van der Waals surface area contributed by atoms with Crippen molar-refractivity contribution in [2.45, 2.75) is 44.6 Å². The van der Waals surface area contributed by atoms with Gasteiger partial charge in [0, 0.05) is 10.9 Å². The lowest BCUT2D eigenvalue weighted by atomic mass is 10.1. The van der Waals surface area contributed by atoms with E-state index in [2.05, 4.69) is 11.4 Å². The Hall–Kier alpha value is -2.05. The number of thioether (sulfide) groups is 1. The summed E-state index contributed by atoms with van der Waals surface area (Å²) in [5.41, 5.74) is 0.983. The van der Waals surface area contributed by atoms with Gasteiger partial charge >= 0.3 is 0 Å². The third-order valence-corrected chi connectivity index (χ3v) is 7.13. The zero-order valence-corrected chi connectivity index (χ0v) is 17.4. The summed E-state index contributed by atoms with van der Waals surface area (Å²) < 4.78 is 6.63. The van der Waals surface area contributed by atoms with Gasteiger partial charge in [-0.2, -0.15) is 0 Å². The van der Waals surface area contributed by atoms with Crippen molar-refractivity contribution in [1.29, 1.82) is 0 Å². The van der Waals surface area contributed by atoms with Crippen molar-refractivity contribution in [3.63, 3.8) is 0 Å². The summed E-state index contributed by atoms with van der Waals surface area (Å²) in [7, 11) is 0. The maximum absolute atomic E-state index is 12.5. The number of para-hydroxylation sites is 1. The number of furan rings is 1. The molecule has 1 aliphatic carbocycles. The van der Waals surface area contributed by atoms with Gasteiger partial charge in [-0.25, -0.2) is 4.98 Å². The predicted octanol–water partition coefficient (Wildman–Crippen LogP) is 5.96. The first-order valence-corrected chi connectivity index (χ1v) is 11.6. The Labute approximate surface area is 173 Å². The number of fused-ring (bicyclic) bond motifs is 1. The van der Waals surface area contributed by atoms with Gasteiger partial charge < -0.3 is 9.73 Å². The Bertz CT molecular complexity index is 906. The van der Waals surface area contributed by atoms with Crippen molar-refractivity contribution in [1.82, 2.24) is 10.3 Å². The van der Waals surface area contributed by atoms with E-state index in [1.807, 2.05) is 36.4 Å². The van der Waals surface area contributed by atoms with Crippen molar-refractivity contribution in [3.8, 4) is 0 Å². The fourth-order valence-electron chi connectivity index (χ4n) is 3.48. The van der Waals surface area contributed by atoms with Gasteiger partial charge in [0.1, 0.15) is 10.8 Å². The molecule has 2 heterocycles. The van der Waals surface area contributed by atoms with E-state index in [1.165, 1.54) is 37.4 Å². The first kappa shape index (κ1) is 19.3. The Balaban J connectivity index is 1.47. The topological polar surface area (TPSA) is 55.1 Å². The number of thiazole rings is 1. The second-order valence-corrected chi connectivity index (χ2v) is 9.10. The Morgan fingerprint density at radius 3 is 2.75 bits per heavy atom. The fraction of sp³-hybridized carbons (Fsp3) is 0.364. The lowest BCUT2D eigenvalue weighted by molar-refractivity contribution is -0.119. The van der Waals surface area contributed by atoms with Crippen LogP contribution in [-0.2, 0) is 4.79 Å². The molecule has 1 aliphatic rings. The molecule has 1 amide bonds. The van der Waals surface area contributed by atoms with Gasteiger partial charge in [0.25, 0.3) is 0 Å². The minimum Gasteiger partial charge on any atom is -0.465 e. The van der Waals surface area contributed by atoms with Crippen LogP contribution in [0.5, 0.6) is 0 Å². The van der Waals surface area contributed by atoms with Crippen LogP contribution in [-0.4, -0.2) is 22.7 Å². The van der Waals surface area contributed by atoms with Crippen LogP contribution in [0.3, 0.4) is 0 Å². The molecular weight excluding hydrogens is 388 g/mol. The van der Waals surface area contributed by atoms with Gasteiger partial charge in [0.15, 0.2) is 0 Å². The average molecular weight is 413 g/mol. The smallest absolute Gasteiger partial charge is 0.230 e. The standard InChI is InChI=1S/C22H24N2O2S2/c25-21(23-16-8-3-1-2-4-9-16)15-27-20(14-17-10-7-13-26-17)22-24-18-11-5-6-12-19(18)28-22/h5-7,10-14,16H,1-4,8-9,15H2,(H,23,25)/b20-14+. The summed E-state index contributed by atoms with van der Waals surface area (Å²) >= 11 is 3.17. The molecule has 1 fully saturated rings. The molecule has 2 aromatic heterocycles. The molecule has 1 aromatic carbocycles. The highest BCUT2D eigenvalue weighted by atomic mass is 32.2. The van der Waals surface area contributed by atoms with E-state index in [-0.39, 0.29) is 5.91 Å². The molecule has 0 aliphatic heterocycles. The maximum Gasteiger partial charge on any atom is 0.230 e. The molecule has 4 rings (SSSR count). The highest BCUT2D eigenvalue weighted by Gasteiger charge is 2.17. The van der Waals surface area contributed by atoms with Gasteiger partial charge in [-0.05, 0) is 43.2 Å². The van der Waals surface area contributed by atoms with Crippen LogP contribution in [0.1, 0.15) is 49.3 Å². The molecule has 0 spiro atoms. The van der Waals surface area contributed by atoms with Crippen LogP contribution in [0.25, 0.3) is 21.2 Å². The highest BCUT2D eigenvalue weighted by molar-refractivity contribution is 8.09. The number of rotatable bonds is 6. The molecule has 3 aromatic rings. The Morgan fingerprint density at radius 2 is 2.00 bits per heavy atom. The Kier molecular flexibility index (Phi) is 6.49. The first-order valence-electron chi connectivity index (χ1n) is 9.81. The lowest BCUT2D eigenvalue weighted by Gasteiger charge is -2.16. The SMILES string of the molecule is O=C(CS/C(=C/c1ccco1)c1nc2ccccc2s1)NC1CCCCCC1. The molecule has 1 saturated carbocycles. The van der Waals surface area contributed by atoms with Crippen LogP contribution in [0.4, 0.5) is 0 Å². The molecular formula is C22H24N2O2S2. The van der Waals surface area contributed by atoms with Gasteiger partial charge in [-0.15, -0.1) is 23.1 Å². The predicted molar refractivity (Wildman–Crippen MR) is 118 cm³/mol. The van der Waals surface area contributed by atoms with Crippen LogP contribution < -0.4 is 5.32 Å². The second kappa shape index (κ2) is 9.43. The van der Waals surface area contributed by atoms with Crippen LogP contribution >= 0.6 is 23.1 Å². The number of carbonyl (C=O) groups excluding carboxylic acids is 1. The number of nitrogens with one attached hydrogen (secondary N) is 1. The largest absolute Gasteiger partial charge is 0.465 e. The number of hydrogen-bond donors (Lipinski definition) is 1. The number of carbonyl (C=O) groups is 1. The lowest BCUT2D eigenvalue weighted by Crippen LogP contribution is -2.35. The van der Waals surface area contributed by atoms with E-state index >= 15 is 0 Å². The van der Waals surface area contributed by atoms with Gasteiger partial charge in [0.2, 0.25) is 5.91 Å². The second-order valence-electron chi connectivity index (χ2n) is 7.06.